The summed E-state index contributed by atoms with van der Waals surface area (Å²) in [5.74, 6) is -1.82. The number of hydrogen-bond acceptors (Lipinski definition) is 9. The van der Waals surface area contributed by atoms with Gasteiger partial charge in [0, 0.05) is 31.9 Å². The number of ether oxygens (including phenoxy) is 3. The number of rotatable bonds is 19. The van der Waals surface area contributed by atoms with Crippen LogP contribution in [0.5, 0.6) is 0 Å². The lowest BCUT2D eigenvalue weighted by Gasteiger charge is -2.30. The number of carbonyl (C=O) groups excluding carboxylic acids is 3. The molecule has 0 aliphatic heterocycles. The molecule has 0 aromatic rings. The molecular weight excluding hydrogens is 434 g/mol. The Morgan fingerprint density at radius 2 is 1.53 bits per heavy atom. The van der Waals surface area contributed by atoms with E-state index >= 15 is 0 Å². The Morgan fingerprint density at radius 3 is 2.06 bits per heavy atom. The van der Waals surface area contributed by atoms with Crippen LogP contribution < -0.4 is 5.32 Å². The molecule has 0 aromatic carbocycles. The van der Waals surface area contributed by atoms with Crippen molar-refractivity contribution in [1.29, 1.82) is 0 Å². The van der Waals surface area contributed by atoms with Crippen molar-refractivity contribution in [2.24, 2.45) is 0 Å². The van der Waals surface area contributed by atoms with Gasteiger partial charge in [0.25, 0.3) is 0 Å². The second-order valence-corrected chi connectivity index (χ2v) is 10.6. The first kappa shape index (κ1) is 30.0. The smallest absolute Gasteiger partial charge is 0.334 e. The summed E-state index contributed by atoms with van der Waals surface area (Å²) >= 11 is 0. The molecule has 1 N–H and O–H groups in total. The molecule has 9 nitrogen and oxygen atoms in total. The molecular formula is C22H39NO8Si. The van der Waals surface area contributed by atoms with Gasteiger partial charge in [-0.25, -0.2) is 9.59 Å². The third kappa shape index (κ3) is 12.7. The molecule has 10 heteroatoms. The van der Waals surface area contributed by atoms with Gasteiger partial charge in [-0.1, -0.05) is 20.1 Å². The largest absolute Gasteiger partial charge is 0.461 e. The minimum atomic E-state index is -2.13. The third-order valence-electron chi connectivity index (χ3n) is 4.66. The molecule has 0 bridgehead atoms. The molecule has 0 saturated heterocycles. The first-order valence-corrected chi connectivity index (χ1v) is 13.5. The summed E-state index contributed by atoms with van der Waals surface area (Å²) in [6, 6.07) is 0.864. The van der Waals surface area contributed by atoms with Crippen LogP contribution in [0.1, 0.15) is 40.0 Å². The van der Waals surface area contributed by atoms with Gasteiger partial charge in [0.1, 0.15) is 13.2 Å². The monoisotopic (exact) mass is 473 g/mol. The zero-order valence-corrected chi connectivity index (χ0v) is 20.9. The number of hydrogen-bond donors (Lipinski definition) is 1. The van der Waals surface area contributed by atoms with Gasteiger partial charge in [0.05, 0.1) is 6.42 Å². The summed E-state index contributed by atoms with van der Waals surface area (Å²) in [5, 5.41) is 3.20. The van der Waals surface area contributed by atoms with Gasteiger partial charge in [-0.3, -0.25) is 4.79 Å². The van der Waals surface area contributed by atoms with Crippen LogP contribution in [-0.4, -0.2) is 71.6 Å². The number of esters is 3. The molecule has 0 aliphatic carbocycles. The Kier molecular flexibility index (Phi) is 15.6. The topological polar surface area (TPSA) is 109 Å². The van der Waals surface area contributed by atoms with Crippen molar-refractivity contribution in [3.8, 4) is 0 Å². The van der Waals surface area contributed by atoms with Crippen LogP contribution in [-0.2, 0) is 37.4 Å². The highest BCUT2D eigenvalue weighted by Gasteiger charge is 2.36. The second kappa shape index (κ2) is 16.6. The molecule has 184 valence electrons. The van der Waals surface area contributed by atoms with Gasteiger partial charge < -0.3 is 28.4 Å². The predicted molar refractivity (Wildman–Crippen MR) is 123 cm³/mol. The zero-order chi connectivity index (χ0) is 24.5. The third-order valence-corrected chi connectivity index (χ3v) is 7.72. The summed E-state index contributed by atoms with van der Waals surface area (Å²) in [4.78, 5) is 35.2. The summed E-state index contributed by atoms with van der Waals surface area (Å²) in [6.07, 6.45) is 3.29. The van der Waals surface area contributed by atoms with Crippen molar-refractivity contribution in [3.05, 3.63) is 25.3 Å². The average molecular weight is 474 g/mol. The molecule has 0 aromatic heterocycles. The first-order valence-electron chi connectivity index (χ1n) is 11.0. The maximum absolute atomic E-state index is 12.1. The van der Waals surface area contributed by atoms with Gasteiger partial charge in [0.15, 0.2) is 5.60 Å². The molecule has 0 radical (unpaired) electrons. The number of nitrogens with one attached hydrogen (secondary N) is 1. The molecule has 0 fully saturated rings. The van der Waals surface area contributed by atoms with Crippen LogP contribution >= 0.6 is 0 Å². The Balaban J connectivity index is 4.47. The summed E-state index contributed by atoms with van der Waals surface area (Å²) < 4.78 is 27.3. The minimum Gasteiger partial charge on any atom is -0.461 e. The van der Waals surface area contributed by atoms with E-state index in [1.807, 2.05) is 13.8 Å². The highest BCUT2D eigenvalue weighted by Crippen LogP contribution is 2.19. The Morgan fingerprint density at radius 1 is 0.938 bits per heavy atom. The van der Waals surface area contributed by atoms with Gasteiger partial charge >= 0.3 is 26.5 Å². The molecule has 0 amide bonds. The van der Waals surface area contributed by atoms with E-state index in [0.717, 1.165) is 31.2 Å². The molecule has 0 aliphatic rings. The molecule has 32 heavy (non-hydrogen) atoms. The van der Waals surface area contributed by atoms with Gasteiger partial charge in [0.2, 0.25) is 0 Å². The van der Waals surface area contributed by atoms with Crippen molar-refractivity contribution in [3.63, 3.8) is 0 Å². The van der Waals surface area contributed by atoms with E-state index in [1.54, 1.807) is 6.92 Å². The van der Waals surface area contributed by atoms with Gasteiger partial charge in [-0.05, 0) is 45.8 Å². The predicted octanol–water partition coefficient (Wildman–Crippen LogP) is 2.65. The van der Waals surface area contributed by atoms with Gasteiger partial charge in [-0.15, -0.1) is 0 Å². The van der Waals surface area contributed by atoms with Crippen LogP contribution in [0.15, 0.2) is 25.3 Å². The lowest BCUT2D eigenvalue weighted by Crippen LogP contribution is -2.45. The Bertz CT molecular complexity index is 607. The lowest BCUT2D eigenvalue weighted by molar-refractivity contribution is -0.180. The van der Waals surface area contributed by atoms with Crippen molar-refractivity contribution in [2.75, 3.05) is 39.5 Å². The maximum atomic E-state index is 12.1. The Labute approximate surface area is 192 Å². The molecule has 0 spiro atoms. The average Bonchev–Trinajstić information content (AvgIpc) is 2.77. The van der Waals surface area contributed by atoms with E-state index in [2.05, 4.69) is 25.0 Å². The molecule has 1 atom stereocenters. The fourth-order valence-corrected chi connectivity index (χ4v) is 5.24. The van der Waals surface area contributed by atoms with Crippen molar-refractivity contribution < 1.29 is 37.4 Å². The number of carbonyl (C=O) groups is 3. The molecule has 0 heterocycles. The molecule has 1 unspecified atom stereocenters. The van der Waals surface area contributed by atoms with E-state index in [-0.39, 0.29) is 26.1 Å². The van der Waals surface area contributed by atoms with E-state index in [1.165, 1.54) is 0 Å². The summed E-state index contributed by atoms with van der Waals surface area (Å²) in [5.41, 5.74) is -1.29. The lowest BCUT2D eigenvalue weighted by atomic mass is 10.0. The fraction of sp³-hybridized carbons (Fsp3) is 0.682. The SMILES string of the molecule is C=CC(=O)OCC(CC)(COC(=O)CCNCCC[Si](C)(OCC)OCC)OC(=O)C=C. The van der Waals surface area contributed by atoms with E-state index in [9.17, 15) is 14.4 Å². The van der Waals surface area contributed by atoms with Crippen LogP contribution in [0, 0.1) is 0 Å². The Hall–Kier alpha value is -2.01. The first-order chi connectivity index (χ1) is 15.2. The van der Waals surface area contributed by atoms with E-state index in [4.69, 9.17) is 23.1 Å². The van der Waals surface area contributed by atoms with Crippen LogP contribution in [0.2, 0.25) is 12.6 Å². The van der Waals surface area contributed by atoms with Crippen LogP contribution in [0.4, 0.5) is 0 Å². The fourth-order valence-electron chi connectivity index (χ4n) is 2.82. The standard InChI is InChI=1S/C22H39NO8Si/c1-7-19(24)27-17-22(9-3,31-20(25)8-2)18-28-21(26)13-15-23-14-12-16-32(6,29-10-4)30-11-5/h7-8,23H,1-2,9-18H2,3-6H3. The second-order valence-electron chi connectivity index (χ2n) is 7.24. The van der Waals surface area contributed by atoms with Gasteiger partial charge in [-0.2, -0.15) is 0 Å². The van der Waals surface area contributed by atoms with Crippen molar-refractivity contribution in [1.82, 2.24) is 5.32 Å². The van der Waals surface area contributed by atoms with Crippen molar-refractivity contribution in [2.45, 2.75) is 58.2 Å². The highest BCUT2D eigenvalue weighted by atomic mass is 28.4. The normalized spacial score (nSPS) is 13.0. The summed E-state index contributed by atoms with van der Waals surface area (Å²) in [6.45, 7) is 16.3. The zero-order valence-electron chi connectivity index (χ0n) is 19.9. The van der Waals surface area contributed by atoms with E-state index in [0.29, 0.717) is 19.8 Å². The highest BCUT2D eigenvalue weighted by molar-refractivity contribution is 6.66. The maximum Gasteiger partial charge on any atom is 0.334 e. The minimum absolute atomic E-state index is 0.146. The van der Waals surface area contributed by atoms with Crippen LogP contribution in [0.3, 0.4) is 0 Å². The molecule has 0 rings (SSSR count). The summed E-state index contributed by atoms with van der Waals surface area (Å²) in [7, 11) is -2.13. The quantitative estimate of drug-likeness (QED) is 0.0995. The molecule has 0 saturated carbocycles. The van der Waals surface area contributed by atoms with Crippen molar-refractivity contribution >= 4 is 26.5 Å². The van der Waals surface area contributed by atoms with E-state index < -0.39 is 32.1 Å². The van der Waals surface area contributed by atoms with Crippen LogP contribution in [0.25, 0.3) is 0 Å².